The lowest BCUT2D eigenvalue weighted by Gasteiger charge is -2.57. The third-order valence-electron chi connectivity index (χ3n) is 42.5. The minimum Gasteiger partial charge on any atom is -0.393 e. The molecule has 0 bridgehead atoms. The van der Waals surface area contributed by atoms with E-state index < -0.39 is 0 Å². The molecule has 26 rings (SSSR count). The first kappa shape index (κ1) is 90.5. The van der Waals surface area contributed by atoms with Crippen LogP contribution in [0.25, 0.3) is 66.9 Å². The number of nitrogens with zero attached hydrogens (tertiary/aromatic N) is 12. The summed E-state index contributed by atoms with van der Waals surface area (Å²) in [7, 11) is 0. The summed E-state index contributed by atoms with van der Waals surface area (Å²) in [6.45, 7) is 34.1. The van der Waals surface area contributed by atoms with Crippen LogP contribution >= 0.6 is 11.6 Å². The van der Waals surface area contributed by atoms with Gasteiger partial charge in [-0.05, 0) is 369 Å². The first-order chi connectivity index (χ1) is 64.4. The Morgan fingerprint density at radius 2 is 0.679 bits per heavy atom. The van der Waals surface area contributed by atoms with Gasteiger partial charge in [0.05, 0.1) is 34.0 Å². The van der Waals surface area contributed by atoms with Crippen LogP contribution < -0.4 is 0 Å². The van der Waals surface area contributed by atoms with Crippen LogP contribution in [0, 0.1) is 155 Å². The Bertz CT molecular complexity index is 6120. The summed E-state index contributed by atoms with van der Waals surface area (Å²) in [6, 6.07) is 32.7. The molecule has 4 heterocycles. The van der Waals surface area contributed by atoms with Gasteiger partial charge in [-0.3, -0.25) is 14.4 Å². The lowest BCUT2D eigenvalue weighted by molar-refractivity contribution is -0.105. The number of aliphatic hydroxyl groups excluding tert-OH is 1. The van der Waals surface area contributed by atoms with E-state index in [-0.39, 0.29) is 33.2 Å². The Hall–Kier alpha value is -8.60. The second-order valence-corrected chi connectivity index (χ2v) is 49.4. The number of para-hydroxylation sites is 3. The summed E-state index contributed by atoms with van der Waals surface area (Å²) in [5.41, 5.74) is 24.4. The van der Waals surface area contributed by atoms with Crippen molar-refractivity contribution in [2.24, 2.45) is 155 Å². The predicted octanol–water partition coefficient (Wildman–Crippen LogP) is 27.2. The van der Waals surface area contributed by atoms with Crippen LogP contribution in [0.3, 0.4) is 0 Å². The van der Waals surface area contributed by atoms with Gasteiger partial charge < -0.3 is 5.11 Å². The molecule has 134 heavy (non-hydrogen) atoms. The standard InChI is InChI=1S/C27H33N3O.C26H33N3.C25H31N3O.C21H29ClO.C18H21N3O/c1-17-10-12-26(2)19(14-17)8-9-20-21(26)11-13-27(3)22(20)15-18(16-31)25(27)30-24-7-5-4-6-23(24)28-29-30;1-17-12-14-25(2)18(16-17)8-9-19-20-10-11-24(26(20,3)15-13-21(19)25)29-23-7-5-4-6-22(23)27-28-29;1-24-13-11-17(29)15-16(24)7-8-18-19-9-10-23(25(19,2)14-12-20(18)24)28-22-6-4-3-5-21(22)26-27-28;1-13-6-8-20(2)15(10-13)4-5-16-17(20)7-9-21(3)18(16)11-14(12-23)19(21)22;1-11-9-18(3)14(12(11)2)8-13(10-22)17(18)21-19-15-6-4-5-7-16(15)20-21/h4-8,16-17,20-22H,9-15H2,1-3H3;4-8,11,17,19-21H,9-10,12-16H2,1-3H3;3-7,10,17-20,29H,8-9,11-15H2,1-2H3;4,12-13,16-18H,5-11H2,1-3H3;4-7,10-12,14H,8-9H2,1-3H3/t17-,20?,21?,22?,26-,27-;17-,19?,20?,21?,25-,26-;17-,18?,19?,20?,24-,25-;13-,16?,17?,18?,20-,21-;11?,12?,14?,18-/m00000/s1. The van der Waals surface area contributed by atoms with Crippen molar-refractivity contribution >= 4 is 97.4 Å². The summed E-state index contributed by atoms with van der Waals surface area (Å²) in [5.74, 6) is 13.0. The zero-order valence-corrected chi connectivity index (χ0v) is 83.3. The van der Waals surface area contributed by atoms with Crippen LogP contribution in [0.5, 0.6) is 0 Å². The van der Waals surface area contributed by atoms with Crippen LogP contribution in [0.2, 0.25) is 0 Å². The highest BCUT2D eigenvalue weighted by atomic mass is 35.5. The molecular weight excluding hydrogens is 1670 g/mol. The largest absolute Gasteiger partial charge is 0.393 e. The lowest BCUT2D eigenvalue weighted by atomic mass is 9.47. The second kappa shape index (κ2) is 33.6. The first-order valence-electron chi connectivity index (χ1n) is 52.8. The molecule has 17 heteroatoms. The van der Waals surface area contributed by atoms with Gasteiger partial charge in [0, 0.05) is 60.2 Å². The smallest absolute Gasteiger partial charge is 0.147 e. The molecular formula is C117H147ClN12O4. The van der Waals surface area contributed by atoms with Crippen LogP contribution in [0.1, 0.15) is 290 Å². The molecule has 18 aliphatic rings. The molecule has 4 aromatic heterocycles. The van der Waals surface area contributed by atoms with Gasteiger partial charge in [0.1, 0.15) is 46.4 Å². The first-order valence-corrected chi connectivity index (χ1v) is 53.1. The fraction of sp³-hybridized carbons (Fsp3) is 0.615. The molecule has 16 nitrogen and oxygen atoms in total. The van der Waals surface area contributed by atoms with Crippen LogP contribution in [-0.2, 0) is 14.4 Å². The van der Waals surface area contributed by atoms with E-state index in [9.17, 15) is 19.5 Å². The number of allylic oxidation sites excluding steroid dienone is 17. The number of benzene rings is 4. The van der Waals surface area contributed by atoms with Gasteiger partial charge >= 0.3 is 0 Å². The molecule has 0 radical (unpaired) electrons. The highest BCUT2D eigenvalue weighted by Crippen LogP contribution is 2.73. The molecule has 0 aliphatic heterocycles. The Kier molecular flexibility index (Phi) is 22.7. The molecule has 28 atom stereocenters. The van der Waals surface area contributed by atoms with Crippen molar-refractivity contribution in [1.29, 1.82) is 0 Å². The Morgan fingerprint density at radius 1 is 0.336 bits per heavy atom. The van der Waals surface area contributed by atoms with Crippen LogP contribution in [0.15, 0.2) is 178 Å². The fourth-order valence-corrected chi connectivity index (χ4v) is 35.1. The molecule has 9 fully saturated rings. The minimum atomic E-state index is -0.125. The quantitative estimate of drug-likeness (QED) is 0.117. The van der Waals surface area contributed by atoms with Crippen molar-refractivity contribution in [1.82, 2.24) is 60.0 Å². The number of hydrogen-bond donors (Lipinski definition) is 1. The van der Waals surface area contributed by atoms with Gasteiger partial charge in [-0.2, -0.15) is 4.80 Å². The molecule has 0 saturated heterocycles. The normalized spacial score (nSPS) is 41.1. The maximum Gasteiger partial charge on any atom is 0.147 e. The summed E-state index contributed by atoms with van der Waals surface area (Å²) in [5, 5.41) is 47.3. The van der Waals surface area contributed by atoms with E-state index in [0.29, 0.717) is 69.0 Å². The average Bonchev–Trinajstić information content (AvgIpc) is 1.45. The molecule has 18 aliphatic carbocycles. The Labute approximate surface area is 800 Å². The highest BCUT2D eigenvalue weighted by Gasteiger charge is 2.64. The van der Waals surface area contributed by atoms with E-state index in [2.05, 4.69) is 232 Å². The van der Waals surface area contributed by atoms with Gasteiger partial charge in [-0.1, -0.05) is 231 Å². The molecule has 0 amide bonds. The number of rotatable bonds is 7. The fourth-order valence-electron chi connectivity index (χ4n) is 34.8. The van der Waals surface area contributed by atoms with E-state index in [1.54, 1.807) is 27.1 Å². The summed E-state index contributed by atoms with van der Waals surface area (Å²) >= 11 is 6.65. The number of carbonyl (C=O) groups excluding carboxylic acids is 3. The number of aromatic nitrogens is 12. The van der Waals surface area contributed by atoms with E-state index in [1.807, 2.05) is 53.2 Å². The monoisotopic (exact) mass is 1820 g/mol. The van der Waals surface area contributed by atoms with Crippen molar-refractivity contribution in [2.45, 2.75) is 296 Å². The van der Waals surface area contributed by atoms with Gasteiger partial charge in [-0.15, -0.1) is 25.5 Å². The van der Waals surface area contributed by atoms with Crippen molar-refractivity contribution < 1.29 is 19.5 Å². The Balaban J connectivity index is 0.0000000980. The molecule has 4 aromatic carbocycles. The molecule has 15 unspecified atom stereocenters. The maximum atomic E-state index is 12.3. The van der Waals surface area contributed by atoms with E-state index in [0.717, 1.165) is 220 Å². The number of hydrogen-bond acceptors (Lipinski definition) is 12. The second-order valence-electron chi connectivity index (χ2n) is 49.0. The molecule has 8 aromatic rings. The van der Waals surface area contributed by atoms with Crippen molar-refractivity contribution in [3.63, 3.8) is 0 Å². The van der Waals surface area contributed by atoms with Crippen molar-refractivity contribution in [3.8, 4) is 0 Å². The maximum absolute atomic E-state index is 12.3. The van der Waals surface area contributed by atoms with E-state index in [4.69, 9.17) is 11.6 Å². The average molecular weight is 1820 g/mol. The Morgan fingerprint density at radius 3 is 1.12 bits per heavy atom. The van der Waals surface area contributed by atoms with Crippen molar-refractivity contribution in [2.75, 3.05) is 0 Å². The molecule has 9 saturated carbocycles. The number of aldehydes is 3. The summed E-state index contributed by atoms with van der Waals surface area (Å²) in [6.07, 6.45) is 54.5. The van der Waals surface area contributed by atoms with Crippen LogP contribution in [0.4, 0.5) is 0 Å². The zero-order valence-electron chi connectivity index (χ0n) is 82.5. The minimum absolute atomic E-state index is 0.00409. The third kappa shape index (κ3) is 14.0. The van der Waals surface area contributed by atoms with Gasteiger partial charge in [-0.25, -0.2) is 14.0 Å². The van der Waals surface area contributed by atoms with Gasteiger partial charge in [0.15, 0.2) is 0 Å². The number of fused-ring (bicyclic) bond motifs is 25. The summed E-state index contributed by atoms with van der Waals surface area (Å²) < 4.78 is 6.27. The number of aliphatic hydroxyl groups is 1. The molecule has 706 valence electrons. The van der Waals surface area contributed by atoms with Gasteiger partial charge in [0.25, 0.3) is 0 Å². The van der Waals surface area contributed by atoms with Crippen molar-refractivity contribution in [3.05, 3.63) is 178 Å². The topological polar surface area (TPSA) is 194 Å². The predicted molar refractivity (Wildman–Crippen MR) is 537 cm³/mol. The van der Waals surface area contributed by atoms with E-state index >= 15 is 0 Å². The number of carbonyl (C=O) groups is 3. The molecule has 1 N–H and O–H groups in total. The number of halogens is 1. The SMILES string of the molecule is CC1C[C@]2(C)C(n3nc4ccccc4n3)=C(C=O)CC2C1C.C[C@H]1CC[C@@]2(C)C(=CCC3C2CC[C@]2(C)C(Cl)=C(C=O)CC32)C1.C[C@H]1CC[C@@]2(C)C(=CCC3C2CC[C@]2(C)C(n4nnc5ccccc54)=C(C=O)CC32)C1.C[C@H]1CC[C@@]2(C)C(=CCC3C2CC[C@]2(C)C(n4nnc5ccccc54)=CCC32)C1.C[C@]12CC[C@H](O)CC1=CCC1C2CC[C@]2(C)C(n3nnc4ccccc43)=CCC12. The highest BCUT2D eigenvalue weighted by molar-refractivity contribution is 6.32. The van der Waals surface area contributed by atoms with Crippen LogP contribution in [-0.4, -0.2) is 90.0 Å². The molecule has 0 spiro atoms. The lowest BCUT2D eigenvalue weighted by Crippen LogP contribution is -2.50. The third-order valence-corrected chi connectivity index (χ3v) is 43.2. The zero-order chi connectivity index (χ0) is 92.9. The van der Waals surface area contributed by atoms with E-state index in [1.165, 1.54) is 140 Å². The summed E-state index contributed by atoms with van der Waals surface area (Å²) in [4.78, 5) is 37.1. The van der Waals surface area contributed by atoms with Gasteiger partial charge in [0.2, 0.25) is 0 Å².